The van der Waals surface area contributed by atoms with Crippen LogP contribution in [0.1, 0.15) is 24.8 Å². The molecule has 1 amide bonds. The number of carbonyl (C=O) groups excluding carboxylic acids is 1. The summed E-state index contributed by atoms with van der Waals surface area (Å²) >= 11 is 10.9. The van der Waals surface area contributed by atoms with E-state index >= 15 is 0 Å². The van der Waals surface area contributed by atoms with Crippen molar-refractivity contribution in [2.45, 2.75) is 31.4 Å². The lowest BCUT2D eigenvalue weighted by Gasteiger charge is -2.51. The van der Waals surface area contributed by atoms with Crippen LogP contribution in [0.4, 0.5) is 0 Å². The fourth-order valence-electron chi connectivity index (χ4n) is 3.17. The van der Waals surface area contributed by atoms with Crippen molar-refractivity contribution < 1.29 is 19.8 Å². The van der Waals surface area contributed by atoms with E-state index in [0.29, 0.717) is 11.4 Å². The highest BCUT2D eigenvalue weighted by atomic mass is 35.5. The van der Waals surface area contributed by atoms with E-state index in [1.54, 1.807) is 24.4 Å². The van der Waals surface area contributed by atoms with Crippen LogP contribution in [0.2, 0.25) is 5.02 Å². The number of β-lactam (4-membered cyclic amide) rings is 1. The first-order valence-corrected chi connectivity index (χ1v) is 8.11. The number of carbonyl (C=O) groups is 2. The van der Waals surface area contributed by atoms with Crippen molar-refractivity contribution in [2.75, 3.05) is 6.54 Å². The molecule has 4 atom stereocenters. The zero-order valence-corrected chi connectivity index (χ0v) is 14.1. The molecule has 0 unspecified atom stereocenters. The number of benzene rings is 1. The van der Waals surface area contributed by atoms with Crippen LogP contribution >= 0.6 is 23.8 Å². The van der Waals surface area contributed by atoms with Crippen LogP contribution in [0.5, 0.6) is 0 Å². The molecule has 23 heavy (non-hydrogen) atoms. The smallest absolute Gasteiger partial charge is 0.323 e. The maximum atomic E-state index is 12.2. The number of halogens is 1. The van der Waals surface area contributed by atoms with E-state index in [2.05, 4.69) is 0 Å². The molecule has 2 N–H and O–H groups in total. The Morgan fingerprint density at radius 3 is 2.52 bits per heavy atom. The third-order valence-corrected chi connectivity index (χ3v) is 4.63. The molecule has 124 valence electrons. The van der Waals surface area contributed by atoms with Crippen LogP contribution in [-0.4, -0.2) is 51.0 Å². The van der Waals surface area contributed by atoms with Gasteiger partial charge in [-0.1, -0.05) is 36.0 Å². The maximum absolute atomic E-state index is 12.2. The zero-order valence-electron chi connectivity index (χ0n) is 12.6. The van der Waals surface area contributed by atoms with Gasteiger partial charge in [0.25, 0.3) is 0 Å². The van der Waals surface area contributed by atoms with Gasteiger partial charge in [-0.3, -0.25) is 9.59 Å². The highest BCUT2D eigenvalue weighted by Crippen LogP contribution is 2.40. The Kier molecular flexibility index (Phi) is 5.73. The van der Waals surface area contributed by atoms with Gasteiger partial charge in [0, 0.05) is 10.9 Å². The monoisotopic (exact) mass is 355 g/mol. The predicted molar refractivity (Wildman–Crippen MR) is 90.8 cm³/mol. The molecule has 0 aromatic heterocycles. The van der Waals surface area contributed by atoms with Gasteiger partial charge in [-0.05, 0) is 36.4 Å². The molecule has 7 heteroatoms. The fraction of sp³-hybridized carbons (Fsp3) is 0.438. The molecule has 1 aliphatic rings. The summed E-state index contributed by atoms with van der Waals surface area (Å²) < 4.78 is 0. The molecular weight excluding hydrogens is 338 g/mol. The number of aliphatic hydroxyl groups is 1. The number of thiocarbonyl (C=S) groups is 1. The van der Waals surface area contributed by atoms with E-state index < -0.39 is 24.0 Å². The van der Waals surface area contributed by atoms with Gasteiger partial charge in [0.2, 0.25) is 5.91 Å². The number of hydrogen-bond donors (Lipinski definition) is 2. The number of carboxylic acid groups (broad SMARTS) is 1. The molecule has 0 saturated carbocycles. The minimum absolute atomic E-state index is 0.179. The third-order valence-electron chi connectivity index (χ3n) is 4.18. The summed E-state index contributed by atoms with van der Waals surface area (Å²) in [6, 6.07) is 6.76. The lowest BCUT2D eigenvalue weighted by molar-refractivity contribution is -0.171. The van der Waals surface area contributed by atoms with Crippen LogP contribution in [0.3, 0.4) is 0 Å². The quantitative estimate of drug-likeness (QED) is 0.578. The fourth-order valence-corrected chi connectivity index (χ4v) is 3.50. The molecule has 1 aromatic rings. The molecule has 1 saturated heterocycles. The topological polar surface area (TPSA) is 77.8 Å². The van der Waals surface area contributed by atoms with Gasteiger partial charge in [0.15, 0.2) is 0 Å². The Balaban J connectivity index is 2.36. The van der Waals surface area contributed by atoms with Crippen LogP contribution < -0.4 is 0 Å². The summed E-state index contributed by atoms with van der Waals surface area (Å²) in [6.45, 7) is 1.16. The highest BCUT2D eigenvalue weighted by molar-refractivity contribution is 7.78. The Labute approximate surface area is 144 Å². The molecule has 1 aromatic carbocycles. The number of hydrogen-bond acceptors (Lipinski definition) is 4. The van der Waals surface area contributed by atoms with E-state index in [1.165, 1.54) is 4.90 Å². The lowest BCUT2D eigenvalue weighted by Crippen LogP contribution is -2.67. The molecule has 1 fully saturated rings. The predicted octanol–water partition coefficient (Wildman–Crippen LogP) is 2.11. The molecule has 5 nitrogen and oxygen atoms in total. The number of nitrogens with zero attached hydrogens (tertiary/aromatic N) is 1. The average molecular weight is 356 g/mol. The second kappa shape index (κ2) is 7.38. The standard InChI is InChI=1S/C16H18ClNO4S/c1-9(19)14-15(18(16(14)22)8-13(20)21)12(6-7-23)10-2-4-11(17)5-3-10/h2-5,7,9,12,14-15,19H,6,8H2,1H3,(H,20,21)/t9-,12-,14-,15+/m1/s1. The van der Waals surface area contributed by atoms with Crippen LogP contribution in [0.15, 0.2) is 24.3 Å². The molecule has 1 heterocycles. The van der Waals surface area contributed by atoms with Gasteiger partial charge < -0.3 is 15.1 Å². The number of rotatable bonds is 7. The molecular formula is C16H18ClNO4S. The van der Waals surface area contributed by atoms with Crippen LogP contribution in [0, 0.1) is 5.92 Å². The van der Waals surface area contributed by atoms with Crippen molar-refractivity contribution in [3.8, 4) is 0 Å². The van der Waals surface area contributed by atoms with Crippen molar-refractivity contribution in [3.05, 3.63) is 34.9 Å². The molecule has 1 aliphatic heterocycles. The van der Waals surface area contributed by atoms with E-state index in [-0.39, 0.29) is 18.4 Å². The molecule has 2 rings (SSSR count). The van der Waals surface area contributed by atoms with Crippen molar-refractivity contribution in [1.29, 1.82) is 0 Å². The van der Waals surface area contributed by atoms with Gasteiger partial charge in [0.1, 0.15) is 6.54 Å². The summed E-state index contributed by atoms with van der Waals surface area (Å²) in [7, 11) is 0. The first-order chi connectivity index (χ1) is 10.9. The second-order valence-corrected chi connectivity index (χ2v) is 6.45. The third kappa shape index (κ3) is 3.71. The van der Waals surface area contributed by atoms with Crippen molar-refractivity contribution in [3.63, 3.8) is 0 Å². The van der Waals surface area contributed by atoms with E-state index in [1.807, 2.05) is 12.1 Å². The number of carboxylic acids is 1. The molecule has 0 radical (unpaired) electrons. The number of likely N-dealkylation sites (tertiary alicyclic amines) is 1. The van der Waals surface area contributed by atoms with Gasteiger partial charge >= 0.3 is 5.97 Å². The van der Waals surface area contributed by atoms with E-state index in [4.69, 9.17) is 28.9 Å². The van der Waals surface area contributed by atoms with Gasteiger partial charge in [-0.2, -0.15) is 0 Å². The van der Waals surface area contributed by atoms with E-state index in [9.17, 15) is 14.7 Å². The Hall–Kier alpha value is -1.50. The minimum Gasteiger partial charge on any atom is -0.480 e. The van der Waals surface area contributed by atoms with Crippen LogP contribution in [-0.2, 0) is 9.59 Å². The maximum Gasteiger partial charge on any atom is 0.323 e. The van der Waals surface area contributed by atoms with E-state index in [0.717, 1.165) is 5.56 Å². The Morgan fingerprint density at radius 2 is 2.04 bits per heavy atom. The van der Waals surface area contributed by atoms with Gasteiger partial charge in [-0.15, -0.1) is 0 Å². The van der Waals surface area contributed by atoms with Gasteiger partial charge in [-0.25, -0.2) is 0 Å². The summed E-state index contributed by atoms with van der Waals surface area (Å²) in [5.41, 5.74) is 0.911. The second-order valence-electron chi connectivity index (χ2n) is 5.68. The number of amides is 1. The Morgan fingerprint density at radius 1 is 1.43 bits per heavy atom. The van der Waals surface area contributed by atoms with Crippen molar-refractivity contribution >= 4 is 41.1 Å². The van der Waals surface area contributed by atoms with Crippen molar-refractivity contribution in [2.24, 2.45) is 5.92 Å². The SMILES string of the molecule is C[C@@H](O)[C@H]1C(=O)N(CC(=O)O)[C@H]1[C@H](CC=S)c1ccc(Cl)cc1. The zero-order chi connectivity index (χ0) is 17.1. The summed E-state index contributed by atoms with van der Waals surface area (Å²) in [5.74, 6) is -2.22. The summed E-state index contributed by atoms with van der Waals surface area (Å²) in [5, 5.41) is 21.1. The Bertz CT molecular complexity index is 605. The number of aliphatic hydroxyl groups excluding tert-OH is 1. The van der Waals surface area contributed by atoms with Gasteiger partial charge in [0.05, 0.1) is 18.1 Å². The summed E-state index contributed by atoms with van der Waals surface area (Å²) in [4.78, 5) is 24.5. The largest absolute Gasteiger partial charge is 0.480 e. The molecule has 0 aliphatic carbocycles. The first kappa shape index (κ1) is 17.8. The van der Waals surface area contributed by atoms with Crippen molar-refractivity contribution in [1.82, 2.24) is 4.90 Å². The lowest BCUT2D eigenvalue weighted by atomic mass is 9.72. The minimum atomic E-state index is -1.08. The molecule has 0 bridgehead atoms. The van der Waals surface area contributed by atoms with Crippen LogP contribution in [0.25, 0.3) is 0 Å². The molecule has 0 spiro atoms. The summed E-state index contributed by atoms with van der Waals surface area (Å²) in [6.07, 6.45) is -0.355. The normalized spacial score (nSPS) is 23.1. The first-order valence-electron chi connectivity index (χ1n) is 7.26. The number of aliphatic carboxylic acids is 1. The highest BCUT2D eigenvalue weighted by Gasteiger charge is 2.53. The average Bonchev–Trinajstić information content (AvgIpc) is 2.48.